The van der Waals surface area contributed by atoms with Crippen LogP contribution < -0.4 is 10.6 Å². The van der Waals surface area contributed by atoms with Crippen molar-refractivity contribution in [3.63, 3.8) is 0 Å². The Bertz CT molecular complexity index is 953. The van der Waals surface area contributed by atoms with E-state index in [1.165, 1.54) is 0 Å². The molecule has 1 aromatic carbocycles. The summed E-state index contributed by atoms with van der Waals surface area (Å²) < 4.78 is 0. The van der Waals surface area contributed by atoms with Crippen LogP contribution in [0.5, 0.6) is 0 Å². The van der Waals surface area contributed by atoms with Crippen LogP contribution in [0.2, 0.25) is 0 Å². The van der Waals surface area contributed by atoms with Crippen LogP contribution in [-0.4, -0.2) is 21.8 Å². The van der Waals surface area contributed by atoms with E-state index in [2.05, 4.69) is 20.6 Å². The minimum Gasteiger partial charge on any atom is -0.350 e. The van der Waals surface area contributed by atoms with Crippen molar-refractivity contribution >= 4 is 28.4 Å². The Kier molecular flexibility index (Phi) is 4.31. The standard InChI is InChI=1S/C20H18N4O2/c25-19(23-12-14-7-1-2-9-21-14)15-11-16(15)20(26)24-17-8-3-5-13-6-4-10-22-18(13)17/h1-10,15-16H,11-12H2,(H,23,25)(H,24,26). The van der Waals surface area contributed by atoms with E-state index >= 15 is 0 Å². The van der Waals surface area contributed by atoms with Gasteiger partial charge in [-0.1, -0.05) is 24.3 Å². The number of amides is 2. The Labute approximate surface area is 150 Å². The molecule has 1 aliphatic rings. The van der Waals surface area contributed by atoms with Crippen LogP contribution in [0.25, 0.3) is 10.9 Å². The molecule has 6 nitrogen and oxygen atoms in total. The van der Waals surface area contributed by atoms with E-state index in [4.69, 9.17) is 0 Å². The number of carbonyl (C=O) groups excluding carboxylic acids is 2. The molecule has 3 aromatic rings. The highest BCUT2D eigenvalue weighted by Crippen LogP contribution is 2.39. The first-order valence-electron chi connectivity index (χ1n) is 8.54. The molecule has 0 spiro atoms. The molecule has 1 fully saturated rings. The fraction of sp³-hybridized carbons (Fsp3) is 0.200. The van der Waals surface area contributed by atoms with Gasteiger partial charge in [0, 0.05) is 17.8 Å². The van der Waals surface area contributed by atoms with Gasteiger partial charge >= 0.3 is 0 Å². The van der Waals surface area contributed by atoms with Gasteiger partial charge in [0.25, 0.3) is 0 Å². The molecular formula is C20H18N4O2. The maximum absolute atomic E-state index is 12.5. The van der Waals surface area contributed by atoms with E-state index in [0.29, 0.717) is 18.7 Å². The van der Waals surface area contributed by atoms with Gasteiger partial charge < -0.3 is 10.6 Å². The predicted octanol–water partition coefficient (Wildman–Crippen LogP) is 2.52. The number of hydrogen-bond donors (Lipinski definition) is 2. The molecule has 4 rings (SSSR count). The van der Waals surface area contributed by atoms with Crippen LogP contribution in [-0.2, 0) is 16.1 Å². The number of nitrogens with zero attached hydrogens (tertiary/aromatic N) is 2. The second-order valence-electron chi connectivity index (χ2n) is 6.36. The Morgan fingerprint density at radius 2 is 1.73 bits per heavy atom. The Hall–Kier alpha value is -3.28. The smallest absolute Gasteiger partial charge is 0.228 e. The Morgan fingerprint density at radius 3 is 2.58 bits per heavy atom. The van der Waals surface area contributed by atoms with E-state index in [1.54, 1.807) is 12.4 Å². The monoisotopic (exact) mass is 346 g/mol. The lowest BCUT2D eigenvalue weighted by Gasteiger charge is -2.08. The number of anilines is 1. The molecule has 6 heteroatoms. The highest BCUT2D eigenvalue weighted by atomic mass is 16.2. The first-order valence-corrected chi connectivity index (χ1v) is 8.54. The van der Waals surface area contributed by atoms with Crippen molar-refractivity contribution < 1.29 is 9.59 Å². The lowest BCUT2D eigenvalue weighted by atomic mass is 10.2. The number of carbonyl (C=O) groups is 2. The van der Waals surface area contributed by atoms with Gasteiger partial charge in [-0.25, -0.2) is 0 Å². The van der Waals surface area contributed by atoms with Crippen molar-refractivity contribution in [1.29, 1.82) is 0 Å². The number of benzene rings is 1. The summed E-state index contributed by atoms with van der Waals surface area (Å²) in [4.78, 5) is 33.2. The number of para-hydroxylation sites is 1. The molecular weight excluding hydrogens is 328 g/mol. The molecule has 1 saturated carbocycles. The fourth-order valence-corrected chi connectivity index (χ4v) is 3.02. The lowest BCUT2D eigenvalue weighted by Crippen LogP contribution is -2.27. The summed E-state index contributed by atoms with van der Waals surface area (Å²) in [5.41, 5.74) is 2.22. The summed E-state index contributed by atoms with van der Waals surface area (Å²) in [6, 6.07) is 15.0. The van der Waals surface area contributed by atoms with Gasteiger partial charge in [0.15, 0.2) is 0 Å². The zero-order valence-electron chi connectivity index (χ0n) is 14.1. The predicted molar refractivity (Wildman–Crippen MR) is 98.1 cm³/mol. The molecule has 2 unspecified atom stereocenters. The van der Waals surface area contributed by atoms with Gasteiger partial charge in [-0.15, -0.1) is 0 Å². The van der Waals surface area contributed by atoms with Crippen LogP contribution >= 0.6 is 0 Å². The van der Waals surface area contributed by atoms with Gasteiger partial charge in [-0.2, -0.15) is 0 Å². The summed E-state index contributed by atoms with van der Waals surface area (Å²) in [5, 5.41) is 6.72. The third kappa shape index (κ3) is 3.39. The highest BCUT2D eigenvalue weighted by molar-refractivity contribution is 6.04. The Balaban J connectivity index is 1.36. The largest absolute Gasteiger partial charge is 0.350 e. The summed E-state index contributed by atoms with van der Waals surface area (Å²) >= 11 is 0. The van der Waals surface area contributed by atoms with Gasteiger partial charge in [0.2, 0.25) is 11.8 Å². The second-order valence-corrected chi connectivity index (χ2v) is 6.36. The van der Waals surface area contributed by atoms with Crippen molar-refractivity contribution in [1.82, 2.24) is 15.3 Å². The normalized spacial score (nSPS) is 18.3. The molecule has 130 valence electrons. The average molecular weight is 346 g/mol. The number of nitrogens with one attached hydrogen (secondary N) is 2. The van der Waals surface area contributed by atoms with Crippen molar-refractivity contribution in [2.24, 2.45) is 11.8 Å². The van der Waals surface area contributed by atoms with E-state index in [9.17, 15) is 9.59 Å². The quantitative estimate of drug-likeness (QED) is 0.743. The summed E-state index contributed by atoms with van der Waals surface area (Å²) in [6.07, 6.45) is 3.95. The van der Waals surface area contributed by atoms with E-state index in [0.717, 1.165) is 16.6 Å². The molecule has 0 radical (unpaired) electrons. The van der Waals surface area contributed by atoms with Crippen LogP contribution in [0.3, 0.4) is 0 Å². The third-order valence-corrected chi connectivity index (χ3v) is 4.52. The number of pyridine rings is 2. The van der Waals surface area contributed by atoms with Crippen molar-refractivity contribution in [2.45, 2.75) is 13.0 Å². The topological polar surface area (TPSA) is 84.0 Å². The number of aromatic nitrogens is 2. The number of hydrogen-bond acceptors (Lipinski definition) is 4. The SMILES string of the molecule is O=C(NCc1ccccn1)C1CC1C(=O)Nc1cccc2cccnc12. The molecule has 0 aliphatic heterocycles. The van der Waals surface area contributed by atoms with E-state index in [-0.39, 0.29) is 23.7 Å². The van der Waals surface area contributed by atoms with E-state index in [1.807, 2.05) is 48.5 Å². The van der Waals surface area contributed by atoms with E-state index < -0.39 is 0 Å². The lowest BCUT2D eigenvalue weighted by molar-refractivity contribution is -0.125. The van der Waals surface area contributed by atoms with Crippen LogP contribution in [0, 0.1) is 11.8 Å². The van der Waals surface area contributed by atoms with Crippen LogP contribution in [0.1, 0.15) is 12.1 Å². The summed E-state index contributed by atoms with van der Waals surface area (Å²) in [5.74, 6) is -0.813. The zero-order valence-corrected chi connectivity index (χ0v) is 14.1. The molecule has 2 atom stereocenters. The van der Waals surface area contributed by atoms with Gasteiger partial charge in [-0.3, -0.25) is 19.6 Å². The summed E-state index contributed by atoms with van der Waals surface area (Å²) in [6.45, 7) is 0.373. The summed E-state index contributed by atoms with van der Waals surface area (Å²) in [7, 11) is 0. The molecule has 0 saturated heterocycles. The molecule has 0 bridgehead atoms. The second kappa shape index (κ2) is 6.92. The minimum absolute atomic E-state index is 0.105. The van der Waals surface area contributed by atoms with Crippen molar-refractivity contribution in [3.05, 3.63) is 66.6 Å². The minimum atomic E-state index is -0.294. The van der Waals surface area contributed by atoms with Crippen molar-refractivity contribution in [2.75, 3.05) is 5.32 Å². The first kappa shape index (κ1) is 16.2. The van der Waals surface area contributed by atoms with Gasteiger partial charge in [0.05, 0.1) is 35.3 Å². The molecule has 2 N–H and O–H groups in total. The first-order chi connectivity index (χ1) is 12.7. The average Bonchev–Trinajstić information content (AvgIpc) is 3.48. The van der Waals surface area contributed by atoms with Crippen LogP contribution in [0.15, 0.2) is 60.9 Å². The van der Waals surface area contributed by atoms with Gasteiger partial charge in [0.1, 0.15) is 0 Å². The zero-order chi connectivity index (χ0) is 17.9. The highest BCUT2D eigenvalue weighted by Gasteiger charge is 2.48. The molecule has 2 heterocycles. The Morgan fingerprint density at radius 1 is 0.923 bits per heavy atom. The van der Waals surface area contributed by atoms with Crippen LogP contribution in [0.4, 0.5) is 5.69 Å². The fourth-order valence-electron chi connectivity index (χ4n) is 3.02. The molecule has 1 aliphatic carbocycles. The number of rotatable bonds is 5. The maximum atomic E-state index is 12.5. The number of fused-ring (bicyclic) bond motifs is 1. The third-order valence-electron chi connectivity index (χ3n) is 4.52. The molecule has 26 heavy (non-hydrogen) atoms. The molecule has 2 aromatic heterocycles. The van der Waals surface area contributed by atoms with Gasteiger partial charge in [-0.05, 0) is 30.7 Å². The molecule has 2 amide bonds. The van der Waals surface area contributed by atoms with Crippen molar-refractivity contribution in [3.8, 4) is 0 Å². The maximum Gasteiger partial charge on any atom is 0.228 e.